The number of carbonyl (C=O) groups excluding carboxylic acids is 1. The summed E-state index contributed by atoms with van der Waals surface area (Å²) in [5, 5.41) is 2.94. The lowest BCUT2D eigenvalue weighted by molar-refractivity contribution is -0.121. The number of amides is 1. The maximum Gasteiger partial charge on any atom is 0.220 e. The minimum atomic E-state index is 0.0704. The van der Waals surface area contributed by atoms with Crippen LogP contribution in [0.15, 0.2) is 42.9 Å². The number of pyridine rings is 2. The Morgan fingerprint density at radius 3 is 2.75 bits per heavy atom. The first-order chi connectivity index (χ1) is 9.66. The Balaban J connectivity index is 2.11. The highest BCUT2D eigenvalue weighted by atomic mass is 16.1. The summed E-state index contributed by atoms with van der Waals surface area (Å²) >= 11 is 0. The normalized spacial score (nSPS) is 10.6. The molecule has 0 saturated carbocycles. The maximum absolute atomic E-state index is 11.7. The number of nitrogens with one attached hydrogen (secondary N) is 1. The van der Waals surface area contributed by atoms with Crippen LogP contribution in [0.1, 0.15) is 25.8 Å². The van der Waals surface area contributed by atoms with E-state index in [1.165, 1.54) is 0 Å². The van der Waals surface area contributed by atoms with Crippen molar-refractivity contribution in [1.29, 1.82) is 0 Å². The first-order valence-electron chi connectivity index (χ1n) is 6.78. The van der Waals surface area contributed by atoms with Gasteiger partial charge in [-0.25, -0.2) is 0 Å². The van der Waals surface area contributed by atoms with Crippen LogP contribution in [0.25, 0.3) is 11.3 Å². The van der Waals surface area contributed by atoms with Crippen LogP contribution in [-0.4, -0.2) is 15.9 Å². The Morgan fingerprint density at radius 1 is 1.25 bits per heavy atom. The van der Waals surface area contributed by atoms with E-state index < -0.39 is 0 Å². The molecule has 0 bridgehead atoms. The van der Waals surface area contributed by atoms with Gasteiger partial charge >= 0.3 is 0 Å². The van der Waals surface area contributed by atoms with E-state index in [4.69, 9.17) is 0 Å². The molecule has 0 spiro atoms. The van der Waals surface area contributed by atoms with E-state index in [2.05, 4.69) is 15.3 Å². The van der Waals surface area contributed by atoms with E-state index in [1.807, 2.05) is 38.1 Å². The van der Waals surface area contributed by atoms with Crippen molar-refractivity contribution >= 4 is 5.91 Å². The van der Waals surface area contributed by atoms with Crippen LogP contribution < -0.4 is 5.32 Å². The molecule has 0 unspecified atom stereocenters. The van der Waals surface area contributed by atoms with E-state index >= 15 is 0 Å². The monoisotopic (exact) mass is 269 g/mol. The number of aromatic nitrogens is 2. The van der Waals surface area contributed by atoms with Gasteiger partial charge in [-0.15, -0.1) is 0 Å². The van der Waals surface area contributed by atoms with Crippen molar-refractivity contribution in [3.8, 4) is 11.3 Å². The molecule has 0 atom stereocenters. The first-order valence-corrected chi connectivity index (χ1v) is 6.78. The summed E-state index contributed by atoms with van der Waals surface area (Å²) in [5.41, 5.74) is 2.82. The lowest BCUT2D eigenvalue weighted by Crippen LogP contribution is -2.24. The fourth-order valence-corrected chi connectivity index (χ4v) is 1.98. The third kappa shape index (κ3) is 3.88. The molecule has 0 fully saturated rings. The van der Waals surface area contributed by atoms with Gasteiger partial charge in [-0.2, -0.15) is 0 Å². The quantitative estimate of drug-likeness (QED) is 0.908. The Hall–Kier alpha value is -2.23. The molecule has 0 aliphatic rings. The molecule has 1 amide bonds. The summed E-state index contributed by atoms with van der Waals surface area (Å²) in [6.07, 6.45) is 5.81. The second-order valence-corrected chi connectivity index (χ2v) is 5.13. The van der Waals surface area contributed by atoms with Crippen LogP contribution in [0.2, 0.25) is 0 Å². The van der Waals surface area contributed by atoms with Crippen LogP contribution in [0.3, 0.4) is 0 Å². The van der Waals surface area contributed by atoms with E-state index in [1.54, 1.807) is 18.6 Å². The van der Waals surface area contributed by atoms with Gasteiger partial charge in [-0.1, -0.05) is 19.9 Å². The molecule has 0 saturated heterocycles. The van der Waals surface area contributed by atoms with E-state index in [0.717, 1.165) is 16.8 Å². The van der Waals surface area contributed by atoms with Gasteiger partial charge in [0.15, 0.2) is 0 Å². The lowest BCUT2D eigenvalue weighted by Gasteiger charge is -2.10. The Bertz CT molecular complexity index is 567. The minimum Gasteiger partial charge on any atom is -0.352 e. The molecular formula is C16H19N3O. The predicted octanol–water partition coefficient (Wildman–Crippen LogP) is 2.81. The average Bonchev–Trinajstić information content (AvgIpc) is 2.46. The van der Waals surface area contributed by atoms with Gasteiger partial charge in [0.2, 0.25) is 5.91 Å². The smallest absolute Gasteiger partial charge is 0.220 e. The van der Waals surface area contributed by atoms with Crippen molar-refractivity contribution in [2.75, 3.05) is 0 Å². The zero-order valence-electron chi connectivity index (χ0n) is 11.8. The zero-order valence-corrected chi connectivity index (χ0v) is 11.8. The topological polar surface area (TPSA) is 54.9 Å². The van der Waals surface area contributed by atoms with Crippen molar-refractivity contribution in [3.05, 3.63) is 48.4 Å². The first kappa shape index (κ1) is 14.2. The van der Waals surface area contributed by atoms with Crippen LogP contribution in [0.5, 0.6) is 0 Å². The van der Waals surface area contributed by atoms with Crippen molar-refractivity contribution in [2.24, 2.45) is 5.92 Å². The number of nitrogens with zero attached hydrogens (tertiary/aromatic N) is 2. The summed E-state index contributed by atoms with van der Waals surface area (Å²) in [6.45, 7) is 4.55. The molecule has 2 rings (SSSR count). The summed E-state index contributed by atoms with van der Waals surface area (Å²) in [7, 11) is 0. The number of rotatable bonds is 5. The number of carbonyl (C=O) groups is 1. The van der Waals surface area contributed by atoms with E-state index in [-0.39, 0.29) is 5.91 Å². The number of hydrogen-bond acceptors (Lipinski definition) is 3. The Kier molecular flexibility index (Phi) is 4.82. The largest absolute Gasteiger partial charge is 0.352 e. The molecule has 2 heterocycles. The molecule has 4 nitrogen and oxygen atoms in total. The molecule has 2 aromatic heterocycles. The van der Waals surface area contributed by atoms with Crippen molar-refractivity contribution in [2.45, 2.75) is 26.8 Å². The second-order valence-electron chi connectivity index (χ2n) is 5.13. The third-order valence-corrected chi connectivity index (χ3v) is 2.90. The fourth-order valence-electron chi connectivity index (χ4n) is 1.98. The van der Waals surface area contributed by atoms with Gasteiger partial charge in [0.05, 0.1) is 5.69 Å². The molecule has 104 valence electrons. The number of hydrogen-bond donors (Lipinski definition) is 1. The highest BCUT2D eigenvalue weighted by Gasteiger charge is 2.09. The van der Waals surface area contributed by atoms with Gasteiger partial charge in [0, 0.05) is 37.1 Å². The maximum atomic E-state index is 11.7. The molecule has 0 aliphatic heterocycles. The van der Waals surface area contributed by atoms with Crippen LogP contribution >= 0.6 is 0 Å². The summed E-state index contributed by atoms with van der Waals surface area (Å²) in [5.74, 6) is 0.433. The molecule has 0 aliphatic carbocycles. The van der Waals surface area contributed by atoms with Gasteiger partial charge < -0.3 is 5.32 Å². The second kappa shape index (κ2) is 6.80. The Labute approximate surface area is 119 Å². The average molecular weight is 269 g/mol. The third-order valence-electron chi connectivity index (χ3n) is 2.90. The minimum absolute atomic E-state index is 0.0704. The molecule has 1 N–H and O–H groups in total. The molecular weight excluding hydrogens is 250 g/mol. The zero-order chi connectivity index (χ0) is 14.4. The van der Waals surface area contributed by atoms with Crippen LogP contribution in [-0.2, 0) is 11.3 Å². The van der Waals surface area contributed by atoms with Crippen molar-refractivity contribution in [3.63, 3.8) is 0 Å². The Morgan fingerprint density at radius 2 is 2.05 bits per heavy atom. The van der Waals surface area contributed by atoms with Crippen LogP contribution in [0, 0.1) is 5.92 Å². The highest BCUT2D eigenvalue weighted by molar-refractivity contribution is 5.76. The van der Waals surface area contributed by atoms with E-state index in [9.17, 15) is 4.79 Å². The van der Waals surface area contributed by atoms with Crippen molar-refractivity contribution in [1.82, 2.24) is 15.3 Å². The summed E-state index contributed by atoms with van der Waals surface area (Å²) < 4.78 is 0. The molecule has 4 heteroatoms. The van der Waals surface area contributed by atoms with Gasteiger partial charge in [0.25, 0.3) is 0 Å². The SMILES string of the molecule is CC(C)CC(=O)NCc1cccnc1-c1cccnc1. The van der Waals surface area contributed by atoms with Gasteiger partial charge in [0.1, 0.15) is 0 Å². The predicted molar refractivity (Wildman–Crippen MR) is 78.8 cm³/mol. The van der Waals surface area contributed by atoms with Crippen molar-refractivity contribution < 1.29 is 4.79 Å². The summed E-state index contributed by atoms with van der Waals surface area (Å²) in [6, 6.07) is 7.70. The summed E-state index contributed by atoms with van der Waals surface area (Å²) in [4.78, 5) is 20.2. The standard InChI is InChI=1S/C16H19N3O/c1-12(2)9-15(20)19-11-14-6-4-8-18-16(14)13-5-3-7-17-10-13/h3-8,10,12H,9,11H2,1-2H3,(H,19,20). The molecule has 0 radical (unpaired) electrons. The highest BCUT2D eigenvalue weighted by Crippen LogP contribution is 2.19. The van der Waals surface area contributed by atoms with Crippen LogP contribution in [0.4, 0.5) is 0 Å². The molecule has 20 heavy (non-hydrogen) atoms. The fraction of sp³-hybridized carbons (Fsp3) is 0.312. The molecule has 0 aromatic carbocycles. The molecule has 2 aromatic rings. The van der Waals surface area contributed by atoms with E-state index in [0.29, 0.717) is 18.9 Å². The lowest BCUT2D eigenvalue weighted by atomic mass is 10.1. The van der Waals surface area contributed by atoms with Gasteiger partial charge in [-0.3, -0.25) is 14.8 Å². The van der Waals surface area contributed by atoms with Gasteiger partial charge in [-0.05, 0) is 29.7 Å².